The van der Waals surface area contributed by atoms with Crippen molar-refractivity contribution in [1.82, 2.24) is 10.9 Å². The summed E-state index contributed by atoms with van der Waals surface area (Å²) in [6, 6.07) is 0. The summed E-state index contributed by atoms with van der Waals surface area (Å²) < 4.78 is 0. The van der Waals surface area contributed by atoms with Gasteiger partial charge in [0.1, 0.15) is 0 Å². The third kappa shape index (κ3) is 1.10. The van der Waals surface area contributed by atoms with Crippen LogP contribution in [0.2, 0.25) is 0 Å². The Morgan fingerprint density at radius 1 is 0.714 bits per heavy atom. The number of rotatable bonds is 0. The molecule has 2 heteroatoms. The molecule has 2 aliphatic carbocycles. The molecule has 3 rings (SSSR count). The topological polar surface area (TPSA) is 24.1 Å². The van der Waals surface area contributed by atoms with Gasteiger partial charge in [-0.15, -0.1) is 0 Å². The van der Waals surface area contributed by atoms with Gasteiger partial charge >= 0.3 is 0 Å². The van der Waals surface area contributed by atoms with Crippen molar-refractivity contribution in [2.45, 2.75) is 63.3 Å². The standard InChI is InChI=1S/C12H22N2/c1-2-5-11(6-3-1)7-4-8-12(11)9-10-13-14-12/h13-14H,1-10H2. The van der Waals surface area contributed by atoms with Crippen LogP contribution in [0.5, 0.6) is 0 Å². The predicted octanol–water partition coefficient (Wildman–Crippen LogP) is 2.36. The number of nitrogens with one attached hydrogen (secondary N) is 2. The predicted molar refractivity (Wildman–Crippen MR) is 57.9 cm³/mol. The van der Waals surface area contributed by atoms with Crippen LogP contribution < -0.4 is 10.9 Å². The van der Waals surface area contributed by atoms with Crippen LogP contribution in [0.3, 0.4) is 0 Å². The van der Waals surface area contributed by atoms with Gasteiger partial charge in [0, 0.05) is 12.1 Å². The van der Waals surface area contributed by atoms with Crippen LogP contribution in [0, 0.1) is 5.41 Å². The van der Waals surface area contributed by atoms with Crippen LogP contribution in [0.1, 0.15) is 57.8 Å². The van der Waals surface area contributed by atoms with Gasteiger partial charge < -0.3 is 0 Å². The molecule has 0 aromatic heterocycles. The van der Waals surface area contributed by atoms with Gasteiger partial charge in [0.25, 0.3) is 0 Å². The second-order valence-corrected chi connectivity index (χ2v) is 5.58. The number of hydrogen-bond donors (Lipinski definition) is 2. The molecule has 1 heterocycles. The van der Waals surface area contributed by atoms with E-state index in [9.17, 15) is 0 Å². The SMILES string of the molecule is C1CCC2(CC1)CCCC21CCNN1. The Balaban J connectivity index is 1.88. The monoisotopic (exact) mass is 194 g/mol. The highest BCUT2D eigenvalue weighted by atomic mass is 15.4. The van der Waals surface area contributed by atoms with E-state index >= 15 is 0 Å². The number of hydrazine groups is 1. The molecule has 1 aliphatic heterocycles. The summed E-state index contributed by atoms with van der Waals surface area (Å²) in [6.45, 7) is 1.18. The Labute approximate surface area is 86.8 Å². The van der Waals surface area contributed by atoms with Gasteiger partial charge in [-0.3, -0.25) is 10.9 Å². The first-order valence-corrected chi connectivity index (χ1v) is 6.37. The summed E-state index contributed by atoms with van der Waals surface area (Å²) in [5, 5.41) is 0. The minimum absolute atomic E-state index is 0.493. The zero-order valence-corrected chi connectivity index (χ0v) is 9.07. The molecule has 2 N–H and O–H groups in total. The Bertz CT molecular complexity index is 207. The minimum Gasteiger partial charge on any atom is -0.257 e. The van der Waals surface area contributed by atoms with Crippen LogP contribution in [0.4, 0.5) is 0 Å². The first kappa shape index (κ1) is 9.17. The molecule has 0 aromatic carbocycles. The van der Waals surface area contributed by atoms with E-state index in [0.717, 1.165) is 0 Å². The maximum Gasteiger partial charge on any atom is 0.0392 e. The van der Waals surface area contributed by atoms with Crippen molar-refractivity contribution in [2.24, 2.45) is 5.41 Å². The molecule has 0 amide bonds. The van der Waals surface area contributed by atoms with Gasteiger partial charge in [-0.25, -0.2) is 0 Å². The summed E-state index contributed by atoms with van der Waals surface area (Å²) in [4.78, 5) is 0. The molecule has 0 aromatic rings. The molecule has 0 bridgehead atoms. The van der Waals surface area contributed by atoms with Gasteiger partial charge in [0.05, 0.1) is 0 Å². The molecule has 1 unspecified atom stereocenters. The fraction of sp³-hybridized carbons (Fsp3) is 1.00. The second-order valence-electron chi connectivity index (χ2n) is 5.58. The molecule has 1 saturated heterocycles. The van der Waals surface area contributed by atoms with E-state index in [1.165, 1.54) is 64.3 Å². The van der Waals surface area contributed by atoms with E-state index in [4.69, 9.17) is 0 Å². The maximum absolute atomic E-state index is 3.64. The van der Waals surface area contributed by atoms with E-state index in [1.54, 1.807) is 0 Å². The molecule has 14 heavy (non-hydrogen) atoms. The molecule has 0 radical (unpaired) electrons. The smallest absolute Gasteiger partial charge is 0.0392 e. The Kier molecular flexibility index (Phi) is 2.10. The molecule has 2 spiro atoms. The molecule has 1 atom stereocenters. The fourth-order valence-electron chi connectivity index (χ4n) is 4.35. The lowest BCUT2D eigenvalue weighted by Gasteiger charge is -2.46. The van der Waals surface area contributed by atoms with Crippen molar-refractivity contribution < 1.29 is 0 Å². The summed E-state index contributed by atoms with van der Waals surface area (Å²) >= 11 is 0. The van der Waals surface area contributed by atoms with Gasteiger partial charge in [0.15, 0.2) is 0 Å². The number of hydrogen-bond acceptors (Lipinski definition) is 2. The van der Waals surface area contributed by atoms with Gasteiger partial charge in [-0.1, -0.05) is 25.7 Å². The highest BCUT2D eigenvalue weighted by Gasteiger charge is 2.55. The van der Waals surface area contributed by atoms with Crippen LogP contribution >= 0.6 is 0 Å². The maximum atomic E-state index is 3.64. The second kappa shape index (κ2) is 3.21. The molecule has 2 saturated carbocycles. The van der Waals surface area contributed by atoms with Crippen LogP contribution in [0.15, 0.2) is 0 Å². The largest absolute Gasteiger partial charge is 0.257 e. The van der Waals surface area contributed by atoms with Crippen molar-refractivity contribution in [2.75, 3.05) is 6.54 Å². The van der Waals surface area contributed by atoms with Crippen LogP contribution in [0.25, 0.3) is 0 Å². The third-order valence-corrected chi connectivity index (χ3v) is 5.09. The highest BCUT2D eigenvalue weighted by Crippen LogP contribution is 2.56. The van der Waals surface area contributed by atoms with E-state index in [-0.39, 0.29) is 0 Å². The average Bonchev–Trinajstić information content (AvgIpc) is 2.80. The van der Waals surface area contributed by atoms with Crippen molar-refractivity contribution in [3.8, 4) is 0 Å². The highest BCUT2D eigenvalue weighted by molar-refractivity contribution is 5.11. The quantitative estimate of drug-likeness (QED) is 0.618. The Hall–Kier alpha value is -0.0800. The molecular weight excluding hydrogens is 172 g/mol. The summed E-state index contributed by atoms with van der Waals surface area (Å²) in [5.74, 6) is 0. The van der Waals surface area contributed by atoms with Crippen LogP contribution in [-0.4, -0.2) is 12.1 Å². The van der Waals surface area contributed by atoms with E-state index in [2.05, 4.69) is 10.9 Å². The van der Waals surface area contributed by atoms with Crippen molar-refractivity contribution in [3.05, 3.63) is 0 Å². The lowest BCUT2D eigenvalue weighted by molar-refractivity contribution is 0.0783. The Morgan fingerprint density at radius 3 is 2.21 bits per heavy atom. The Morgan fingerprint density at radius 2 is 1.50 bits per heavy atom. The van der Waals surface area contributed by atoms with Crippen molar-refractivity contribution >= 4 is 0 Å². The summed E-state index contributed by atoms with van der Waals surface area (Å²) in [6.07, 6.45) is 13.1. The zero-order chi connectivity index (χ0) is 9.49. The van der Waals surface area contributed by atoms with E-state index < -0.39 is 0 Å². The summed E-state index contributed by atoms with van der Waals surface area (Å²) in [7, 11) is 0. The minimum atomic E-state index is 0.493. The molecule has 2 nitrogen and oxygen atoms in total. The fourth-order valence-corrected chi connectivity index (χ4v) is 4.35. The molecular formula is C12H22N2. The first-order valence-electron chi connectivity index (χ1n) is 6.37. The van der Waals surface area contributed by atoms with Gasteiger partial charge in [-0.05, 0) is 37.5 Å². The summed E-state index contributed by atoms with van der Waals surface area (Å²) in [5.41, 5.74) is 8.19. The van der Waals surface area contributed by atoms with Crippen molar-refractivity contribution in [3.63, 3.8) is 0 Å². The molecule has 3 aliphatic rings. The normalized spacial score (nSPS) is 41.1. The lowest BCUT2D eigenvalue weighted by atomic mass is 9.63. The van der Waals surface area contributed by atoms with Gasteiger partial charge in [0.2, 0.25) is 0 Å². The zero-order valence-electron chi connectivity index (χ0n) is 9.07. The first-order chi connectivity index (χ1) is 6.87. The molecule has 3 fully saturated rings. The number of fused-ring (bicyclic) bond motifs is 1. The average molecular weight is 194 g/mol. The van der Waals surface area contributed by atoms with Crippen molar-refractivity contribution in [1.29, 1.82) is 0 Å². The van der Waals surface area contributed by atoms with E-state index in [0.29, 0.717) is 11.0 Å². The third-order valence-electron chi connectivity index (χ3n) is 5.09. The van der Waals surface area contributed by atoms with Crippen LogP contribution in [-0.2, 0) is 0 Å². The lowest BCUT2D eigenvalue weighted by Crippen LogP contribution is -2.54. The molecule has 80 valence electrons. The van der Waals surface area contributed by atoms with Gasteiger partial charge in [-0.2, -0.15) is 0 Å². The van der Waals surface area contributed by atoms with E-state index in [1.807, 2.05) is 0 Å².